The molecule has 1 aliphatic heterocycles. The lowest BCUT2D eigenvalue weighted by molar-refractivity contribution is 0.551. The van der Waals surface area contributed by atoms with Crippen LogP contribution in [0.15, 0.2) is 44.7 Å². The van der Waals surface area contributed by atoms with E-state index in [4.69, 9.17) is 0 Å². The number of anilines is 1. The Bertz CT molecular complexity index is 1200. The second-order valence-electron chi connectivity index (χ2n) is 7.24. The van der Waals surface area contributed by atoms with Crippen LogP contribution in [0.4, 0.5) is 5.95 Å². The van der Waals surface area contributed by atoms with Gasteiger partial charge in [-0.3, -0.25) is 23.3 Å². The molecule has 8 heteroatoms. The van der Waals surface area contributed by atoms with Gasteiger partial charge < -0.3 is 4.90 Å². The van der Waals surface area contributed by atoms with Crippen LogP contribution in [0.3, 0.4) is 0 Å². The van der Waals surface area contributed by atoms with E-state index in [1.54, 1.807) is 4.57 Å². The molecule has 0 atom stereocenters. The lowest BCUT2D eigenvalue weighted by atomic mass is 10.1. The number of aryl methyl sites for hydroxylation is 1. The average molecular weight is 381 g/mol. The van der Waals surface area contributed by atoms with E-state index < -0.39 is 16.8 Å². The Morgan fingerprint density at radius 1 is 0.893 bits per heavy atom. The smallest absolute Gasteiger partial charge is 0.332 e. The Labute approximate surface area is 161 Å². The second-order valence-corrected chi connectivity index (χ2v) is 7.24. The van der Waals surface area contributed by atoms with Crippen LogP contribution >= 0.6 is 0 Å². The summed E-state index contributed by atoms with van der Waals surface area (Å²) in [5.41, 5.74) is -0.420. The van der Waals surface area contributed by atoms with E-state index in [2.05, 4.69) is 9.88 Å². The molecule has 0 aliphatic carbocycles. The molecule has 4 rings (SSSR count). The molecule has 0 radical (unpaired) electrons. The van der Waals surface area contributed by atoms with E-state index in [1.807, 2.05) is 30.3 Å². The molecule has 3 aromatic rings. The third kappa shape index (κ3) is 2.94. The van der Waals surface area contributed by atoms with Crippen molar-refractivity contribution in [1.82, 2.24) is 18.7 Å². The van der Waals surface area contributed by atoms with Crippen LogP contribution in [-0.4, -0.2) is 31.8 Å². The molecule has 1 saturated heterocycles. The van der Waals surface area contributed by atoms with E-state index in [-0.39, 0.29) is 11.0 Å². The summed E-state index contributed by atoms with van der Waals surface area (Å²) in [5, 5.41) is -0.0544. The monoisotopic (exact) mass is 381 g/mol. The Kier molecular flexibility index (Phi) is 4.62. The topological polar surface area (TPSA) is 82.1 Å². The maximum absolute atomic E-state index is 13.4. The molecular formula is C20H23N5O3. The van der Waals surface area contributed by atoms with Crippen molar-refractivity contribution >= 4 is 17.0 Å². The Hall–Kier alpha value is -3.16. The first-order valence-corrected chi connectivity index (χ1v) is 9.48. The number of piperidine rings is 1. The van der Waals surface area contributed by atoms with Gasteiger partial charge in [-0.05, 0) is 24.8 Å². The average Bonchev–Trinajstić information content (AvgIpc) is 2.73. The first-order chi connectivity index (χ1) is 13.5. The largest absolute Gasteiger partial charge is 0.342 e. The summed E-state index contributed by atoms with van der Waals surface area (Å²) in [5.74, 6) is 0.518. The van der Waals surface area contributed by atoms with Crippen molar-refractivity contribution in [3.05, 3.63) is 67.1 Å². The van der Waals surface area contributed by atoms with Crippen LogP contribution in [0.25, 0.3) is 11.0 Å². The van der Waals surface area contributed by atoms with Gasteiger partial charge in [0.25, 0.3) is 11.1 Å². The van der Waals surface area contributed by atoms with Gasteiger partial charge in [-0.1, -0.05) is 30.3 Å². The summed E-state index contributed by atoms with van der Waals surface area (Å²) in [7, 11) is 2.92. The first-order valence-electron chi connectivity index (χ1n) is 9.48. The third-order valence-electron chi connectivity index (χ3n) is 5.36. The van der Waals surface area contributed by atoms with Crippen molar-refractivity contribution in [3.63, 3.8) is 0 Å². The third-order valence-corrected chi connectivity index (χ3v) is 5.36. The zero-order valence-electron chi connectivity index (χ0n) is 16.1. The standard InChI is InChI=1S/C20H23N5O3/c1-22-16-15(17(26)23(2)20(22)28)18(27)25(13-14-9-5-3-6-10-14)19(21-16)24-11-7-4-8-12-24/h3,5-6,9-10H,4,7-8,11-13H2,1-2H3. The molecule has 3 heterocycles. The molecule has 0 N–H and O–H groups in total. The number of benzene rings is 1. The minimum absolute atomic E-state index is 0.0544. The van der Waals surface area contributed by atoms with Crippen molar-refractivity contribution in [3.8, 4) is 0 Å². The molecule has 1 aliphatic rings. The van der Waals surface area contributed by atoms with Crippen LogP contribution in [-0.2, 0) is 20.6 Å². The predicted octanol–water partition coefficient (Wildman–Crippen LogP) is 0.832. The maximum atomic E-state index is 13.4. The summed E-state index contributed by atoms with van der Waals surface area (Å²) in [4.78, 5) is 45.2. The quantitative estimate of drug-likeness (QED) is 0.671. The number of rotatable bonds is 3. The van der Waals surface area contributed by atoms with Crippen LogP contribution < -0.4 is 21.7 Å². The fourth-order valence-electron chi connectivity index (χ4n) is 3.78. The molecule has 146 valence electrons. The second kappa shape index (κ2) is 7.10. The molecule has 28 heavy (non-hydrogen) atoms. The molecule has 2 aromatic heterocycles. The normalized spacial score (nSPS) is 14.6. The Balaban J connectivity index is 2.04. The lowest BCUT2D eigenvalue weighted by Gasteiger charge is -2.30. The van der Waals surface area contributed by atoms with Gasteiger partial charge in [0.05, 0.1) is 6.54 Å². The van der Waals surface area contributed by atoms with Crippen molar-refractivity contribution in [2.75, 3.05) is 18.0 Å². The minimum atomic E-state index is -0.609. The van der Waals surface area contributed by atoms with E-state index >= 15 is 0 Å². The number of hydrogen-bond donors (Lipinski definition) is 0. The minimum Gasteiger partial charge on any atom is -0.342 e. The van der Waals surface area contributed by atoms with Crippen molar-refractivity contribution in [2.45, 2.75) is 25.8 Å². The summed E-state index contributed by atoms with van der Waals surface area (Å²) in [6.45, 7) is 1.91. The zero-order chi connectivity index (χ0) is 19.8. The van der Waals surface area contributed by atoms with E-state index in [1.165, 1.54) is 18.7 Å². The molecule has 0 saturated carbocycles. The van der Waals surface area contributed by atoms with Gasteiger partial charge in [-0.25, -0.2) is 4.79 Å². The Morgan fingerprint density at radius 3 is 2.25 bits per heavy atom. The lowest BCUT2D eigenvalue weighted by Crippen LogP contribution is -2.43. The van der Waals surface area contributed by atoms with Crippen LogP contribution in [0.1, 0.15) is 24.8 Å². The fourth-order valence-corrected chi connectivity index (χ4v) is 3.78. The SMILES string of the molecule is Cn1c(=O)c2c(=O)n(Cc3ccccc3)c(N3CCCCC3)nc2n(C)c1=O. The van der Waals surface area contributed by atoms with Gasteiger partial charge in [0.1, 0.15) is 5.39 Å². The van der Waals surface area contributed by atoms with E-state index in [0.29, 0.717) is 12.5 Å². The highest BCUT2D eigenvalue weighted by Crippen LogP contribution is 2.19. The van der Waals surface area contributed by atoms with Gasteiger partial charge in [0, 0.05) is 27.2 Å². The molecule has 1 aromatic carbocycles. The van der Waals surface area contributed by atoms with Crippen molar-refractivity contribution < 1.29 is 0 Å². The summed E-state index contributed by atoms with van der Waals surface area (Å²) < 4.78 is 3.80. The van der Waals surface area contributed by atoms with Crippen LogP contribution in [0.2, 0.25) is 0 Å². The Morgan fingerprint density at radius 2 is 1.57 bits per heavy atom. The van der Waals surface area contributed by atoms with Crippen LogP contribution in [0.5, 0.6) is 0 Å². The molecule has 0 bridgehead atoms. The number of hydrogen-bond acceptors (Lipinski definition) is 5. The first kappa shape index (κ1) is 18.2. The summed E-state index contributed by atoms with van der Waals surface area (Å²) in [6.07, 6.45) is 3.19. The van der Waals surface area contributed by atoms with E-state index in [0.717, 1.165) is 42.5 Å². The van der Waals surface area contributed by atoms with Gasteiger partial charge in [-0.15, -0.1) is 0 Å². The summed E-state index contributed by atoms with van der Waals surface area (Å²) in [6, 6.07) is 9.63. The molecule has 0 unspecified atom stereocenters. The maximum Gasteiger partial charge on any atom is 0.332 e. The van der Waals surface area contributed by atoms with Gasteiger partial charge in [0.2, 0.25) is 5.95 Å². The zero-order valence-corrected chi connectivity index (χ0v) is 16.1. The molecular weight excluding hydrogens is 358 g/mol. The molecule has 0 amide bonds. The van der Waals surface area contributed by atoms with Crippen molar-refractivity contribution in [2.24, 2.45) is 14.1 Å². The summed E-state index contributed by atoms with van der Waals surface area (Å²) >= 11 is 0. The highest BCUT2D eigenvalue weighted by Gasteiger charge is 2.23. The van der Waals surface area contributed by atoms with Gasteiger partial charge in [0.15, 0.2) is 5.65 Å². The highest BCUT2D eigenvalue weighted by atomic mass is 16.2. The van der Waals surface area contributed by atoms with Crippen LogP contribution in [0, 0.1) is 0 Å². The van der Waals surface area contributed by atoms with E-state index in [9.17, 15) is 14.4 Å². The molecule has 1 fully saturated rings. The number of fused-ring (bicyclic) bond motifs is 1. The highest BCUT2D eigenvalue weighted by molar-refractivity contribution is 5.74. The molecule has 0 spiro atoms. The number of nitrogens with zero attached hydrogens (tertiary/aromatic N) is 5. The van der Waals surface area contributed by atoms with Crippen molar-refractivity contribution in [1.29, 1.82) is 0 Å². The van der Waals surface area contributed by atoms with Gasteiger partial charge >= 0.3 is 5.69 Å². The number of aromatic nitrogens is 4. The van der Waals surface area contributed by atoms with Gasteiger partial charge in [-0.2, -0.15) is 4.98 Å². The molecule has 8 nitrogen and oxygen atoms in total. The fraction of sp³-hybridized carbons (Fsp3) is 0.400. The predicted molar refractivity (Wildman–Crippen MR) is 108 cm³/mol.